The summed E-state index contributed by atoms with van der Waals surface area (Å²) in [4.78, 5) is 22.8. The highest BCUT2D eigenvalue weighted by atomic mass is 16.2. The highest BCUT2D eigenvalue weighted by Crippen LogP contribution is 2.23. The molecule has 0 aliphatic heterocycles. The lowest BCUT2D eigenvalue weighted by Crippen LogP contribution is -2.36. The molecule has 1 aliphatic rings. The van der Waals surface area contributed by atoms with Crippen molar-refractivity contribution in [1.29, 1.82) is 0 Å². The van der Waals surface area contributed by atoms with E-state index < -0.39 is 0 Å². The number of likely N-dealkylation sites (N-methyl/N-ethyl adjacent to an activating group) is 1. The van der Waals surface area contributed by atoms with Crippen molar-refractivity contribution in [3.8, 4) is 0 Å². The average molecular weight is 354 g/mol. The Balaban J connectivity index is 1.35. The van der Waals surface area contributed by atoms with Gasteiger partial charge in [0.05, 0.1) is 18.3 Å². The van der Waals surface area contributed by atoms with Gasteiger partial charge in [0.25, 0.3) is 0 Å². The van der Waals surface area contributed by atoms with Crippen LogP contribution in [0.3, 0.4) is 0 Å². The molecule has 0 spiro atoms. The van der Waals surface area contributed by atoms with Crippen LogP contribution in [0.5, 0.6) is 0 Å². The fraction of sp³-hybridized carbons (Fsp3) is 0.474. The molecule has 0 saturated heterocycles. The van der Waals surface area contributed by atoms with Crippen LogP contribution in [0, 0.1) is 0 Å². The van der Waals surface area contributed by atoms with Gasteiger partial charge < -0.3 is 10.2 Å². The summed E-state index contributed by atoms with van der Waals surface area (Å²) in [6.07, 6.45) is 10.7. The van der Waals surface area contributed by atoms with Gasteiger partial charge in [-0.05, 0) is 43.0 Å². The van der Waals surface area contributed by atoms with Crippen molar-refractivity contribution in [2.75, 3.05) is 20.1 Å². The minimum absolute atomic E-state index is 0.0805. The Morgan fingerprint density at radius 3 is 3.12 bits per heavy atom. The van der Waals surface area contributed by atoms with Gasteiger partial charge in [-0.15, -0.1) is 0 Å². The number of nitrogens with one attached hydrogen (secondary N) is 1. The van der Waals surface area contributed by atoms with Gasteiger partial charge in [0, 0.05) is 51.5 Å². The number of carbonyl (C=O) groups excluding carboxylic acids is 1. The largest absolute Gasteiger partial charge is 0.345 e. The Morgan fingerprint density at radius 2 is 2.35 bits per heavy atom. The van der Waals surface area contributed by atoms with Crippen molar-refractivity contribution >= 4 is 12.1 Å². The maximum Gasteiger partial charge on any atom is 0.236 e. The monoisotopic (exact) mass is 354 g/mol. The zero-order chi connectivity index (χ0) is 18.2. The molecule has 2 aromatic heterocycles. The van der Waals surface area contributed by atoms with Gasteiger partial charge in [0.1, 0.15) is 0 Å². The van der Waals surface area contributed by atoms with Gasteiger partial charge in [0.15, 0.2) is 0 Å². The van der Waals surface area contributed by atoms with Crippen molar-refractivity contribution in [3.05, 3.63) is 48.0 Å². The minimum atomic E-state index is 0.0805. The van der Waals surface area contributed by atoms with Crippen LogP contribution in [0.2, 0.25) is 0 Å². The maximum absolute atomic E-state index is 12.2. The van der Waals surface area contributed by atoms with Gasteiger partial charge in [-0.2, -0.15) is 5.10 Å². The number of aliphatic imine (C=N–C) groups is 1. The van der Waals surface area contributed by atoms with Crippen LogP contribution in [0.15, 0.2) is 41.8 Å². The van der Waals surface area contributed by atoms with Crippen molar-refractivity contribution in [2.24, 2.45) is 4.99 Å². The molecule has 1 fully saturated rings. The zero-order valence-electron chi connectivity index (χ0n) is 15.2. The Labute approximate surface area is 154 Å². The van der Waals surface area contributed by atoms with Crippen molar-refractivity contribution < 1.29 is 4.79 Å². The van der Waals surface area contributed by atoms with E-state index in [1.165, 1.54) is 12.8 Å². The topological polar surface area (TPSA) is 75.4 Å². The molecule has 1 amide bonds. The number of amides is 1. The van der Waals surface area contributed by atoms with Gasteiger partial charge in [-0.1, -0.05) is 0 Å². The van der Waals surface area contributed by atoms with Gasteiger partial charge in [0.2, 0.25) is 5.91 Å². The second-order valence-electron chi connectivity index (χ2n) is 6.63. The molecule has 1 N–H and O–H groups in total. The second-order valence-corrected chi connectivity index (χ2v) is 6.63. The molecule has 0 atom stereocenters. The molecule has 7 nitrogen and oxygen atoms in total. The Bertz CT molecular complexity index is 723. The first-order valence-corrected chi connectivity index (χ1v) is 9.11. The van der Waals surface area contributed by atoms with E-state index in [2.05, 4.69) is 20.4 Å². The minimum Gasteiger partial charge on any atom is -0.345 e. The summed E-state index contributed by atoms with van der Waals surface area (Å²) >= 11 is 0. The number of hydrogen-bond donors (Lipinski definition) is 1. The predicted molar refractivity (Wildman–Crippen MR) is 101 cm³/mol. The highest BCUT2D eigenvalue weighted by Gasteiger charge is 2.18. The van der Waals surface area contributed by atoms with E-state index in [1.54, 1.807) is 17.3 Å². The normalized spacial score (nSPS) is 14.0. The van der Waals surface area contributed by atoms with Crippen LogP contribution in [-0.4, -0.2) is 58.0 Å². The van der Waals surface area contributed by atoms with Crippen molar-refractivity contribution in [2.45, 2.75) is 38.4 Å². The summed E-state index contributed by atoms with van der Waals surface area (Å²) in [7, 11) is 1.83. The number of nitrogens with zero attached hydrogens (tertiary/aromatic N) is 5. The lowest BCUT2D eigenvalue weighted by Gasteiger charge is -2.17. The van der Waals surface area contributed by atoms with Gasteiger partial charge in [-0.25, -0.2) is 0 Å². The van der Waals surface area contributed by atoms with E-state index >= 15 is 0 Å². The van der Waals surface area contributed by atoms with E-state index in [9.17, 15) is 4.79 Å². The van der Waals surface area contributed by atoms with Crippen LogP contribution in [0.4, 0.5) is 0 Å². The summed E-state index contributed by atoms with van der Waals surface area (Å²) in [6.45, 7) is 2.40. The molecular weight excluding hydrogens is 328 g/mol. The molecule has 138 valence electrons. The lowest BCUT2D eigenvalue weighted by molar-refractivity contribution is -0.129. The fourth-order valence-electron chi connectivity index (χ4n) is 2.55. The summed E-state index contributed by atoms with van der Waals surface area (Å²) in [5.74, 6) is 0.0805. The summed E-state index contributed by atoms with van der Waals surface area (Å²) in [6, 6.07) is 6.39. The number of rotatable bonds is 10. The van der Waals surface area contributed by atoms with Gasteiger partial charge in [-0.3, -0.25) is 19.5 Å². The third-order valence-corrected chi connectivity index (χ3v) is 4.27. The molecule has 7 heteroatoms. The Hall–Kier alpha value is -2.54. The van der Waals surface area contributed by atoms with Crippen molar-refractivity contribution in [1.82, 2.24) is 25.0 Å². The standard InChI is InChI=1S/C19H26N6O/c1-24(9-3-11-25-10-2-7-23-25)19(26)15-20-14-18-12-16(6-8-21-18)13-22-17-4-5-17/h2,6-8,10,12-13,17,20H,3-5,9,11,14-15H2,1H3/b22-13+. The fourth-order valence-corrected chi connectivity index (χ4v) is 2.55. The molecule has 0 unspecified atom stereocenters. The summed E-state index contributed by atoms with van der Waals surface area (Å²) in [5.41, 5.74) is 1.98. The molecule has 2 aromatic rings. The summed E-state index contributed by atoms with van der Waals surface area (Å²) < 4.78 is 1.88. The van der Waals surface area contributed by atoms with E-state index in [0.717, 1.165) is 24.2 Å². The third-order valence-electron chi connectivity index (χ3n) is 4.27. The lowest BCUT2D eigenvalue weighted by atomic mass is 10.2. The number of pyridine rings is 1. The molecule has 0 bridgehead atoms. The highest BCUT2D eigenvalue weighted by molar-refractivity contribution is 5.80. The molecule has 0 radical (unpaired) electrons. The molecule has 1 aliphatic carbocycles. The first-order chi connectivity index (χ1) is 12.7. The first-order valence-electron chi connectivity index (χ1n) is 9.11. The number of hydrogen-bond acceptors (Lipinski definition) is 5. The quantitative estimate of drug-likeness (QED) is 0.656. The molecule has 26 heavy (non-hydrogen) atoms. The van der Waals surface area contributed by atoms with Crippen molar-refractivity contribution in [3.63, 3.8) is 0 Å². The van der Waals surface area contributed by atoms with Crippen LogP contribution >= 0.6 is 0 Å². The van der Waals surface area contributed by atoms with E-state index in [4.69, 9.17) is 0 Å². The van der Waals surface area contributed by atoms with Crippen LogP contribution in [0.1, 0.15) is 30.5 Å². The predicted octanol–water partition coefficient (Wildman–Crippen LogP) is 1.50. The summed E-state index contributed by atoms with van der Waals surface area (Å²) in [5, 5.41) is 7.33. The Kier molecular flexibility index (Phi) is 6.49. The molecular formula is C19H26N6O. The van der Waals surface area contributed by atoms with Crippen LogP contribution in [0.25, 0.3) is 0 Å². The van der Waals surface area contributed by atoms with E-state index in [0.29, 0.717) is 25.7 Å². The van der Waals surface area contributed by atoms with E-state index in [-0.39, 0.29) is 5.91 Å². The third kappa shape index (κ3) is 6.07. The van der Waals surface area contributed by atoms with Gasteiger partial charge >= 0.3 is 0 Å². The Morgan fingerprint density at radius 1 is 1.46 bits per heavy atom. The second kappa shape index (κ2) is 9.24. The molecule has 0 aromatic carbocycles. The number of aromatic nitrogens is 3. The number of carbonyl (C=O) groups is 1. The molecule has 2 heterocycles. The molecule has 1 saturated carbocycles. The smallest absolute Gasteiger partial charge is 0.236 e. The zero-order valence-corrected chi connectivity index (χ0v) is 15.2. The SMILES string of the molecule is CN(CCCn1cccn1)C(=O)CNCc1cc(/C=N/C2CC2)ccn1. The first kappa shape index (κ1) is 18.3. The number of aryl methyl sites for hydroxylation is 1. The molecule has 3 rings (SSSR count). The average Bonchev–Trinajstić information content (AvgIpc) is 3.34. The van der Waals surface area contributed by atoms with Crippen LogP contribution < -0.4 is 5.32 Å². The van der Waals surface area contributed by atoms with Crippen LogP contribution in [-0.2, 0) is 17.9 Å². The van der Waals surface area contributed by atoms with E-state index in [1.807, 2.05) is 42.3 Å². The maximum atomic E-state index is 12.2.